The van der Waals surface area contributed by atoms with Crippen LogP contribution in [0.15, 0.2) is 30.3 Å². The largest absolute Gasteiger partial charge is 0.508 e. The second kappa shape index (κ2) is 3.04. The molecule has 1 N–H and O–H groups in total. The summed E-state index contributed by atoms with van der Waals surface area (Å²) in [5.41, 5.74) is 0. The van der Waals surface area contributed by atoms with Crippen LogP contribution in [0.3, 0.4) is 0 Å². The lowest BCUT2D eigenvalue weighted by molar-refractivity contribution is 0.475. The quantitative estimate of drug-likeness (QED) is 0.537. The number of benzene rings is 1. The molecule has 0 atom stereocenters. The third-order valence-corrected chi connectivity index (χ3v) is 0.756. The lowest BCUT2D eigenvalue weighted by atomic mass is 10.3. The highest BCUT2D eigenvalue weighted by molar-refractivity contribution is 5.18. The van der Waals surface area contributed by atoms with Crippen LogP contribution in [-0.4, -0.2) is 5.11 Å². The van der Waals surface area contributed by atoms with E-state index in [4.69, 9.17) is 5.11 Å². The molecule has 0 unspecified atom stereocenters. The zero-order valence-corrected chi connectivity index (χ0v) is 4.24. The van der Waals surface area contributed by atoms with E-state index in [2.05, 4.69) is 0 Å². The van der Waals surface area contributed by atoms with Gasteiger partial charge in [-0.1, -0.05) is 18.2 Å². The summed E-state index contributed by atoms with van der Waals surface area (Å²) in [6, 6.07) is 8.71. The predicted molar refractivity (Wildman–Crippen MR) is 28.8 cm³/mol. The minimum Gasteiger partial charge on any atom is -0.508 e. The van der Waals surface area contributed by atoms with E-state index in [9.17, 15) is 0 Å². The number of aromatic hydroxyl groups is 1. The Labute approximate surface area is 47.7 Å². The van der Waals surface area contributed by atoms with Gasteiger partial charge < -0.3 is 5.11 Å². The summed E-state index contributed by atoms with van der Waals surface area (Å²) in [6.07, 6.45) is 0. The monoisotopic (exact) mass is 110 g/mol. The molecule has 2 heteroatoms. The standard InChI is InChI=1S/C6H6O.O/c7-6-4-2-1-3-5-6;/h1-5,7H;. The molecule has 0 aliphatic heterocycles. The second-order valence-electron chi connectivity index (χ2n) is 1.34. The van der Waals surface area contributed by atoms with Crippen LogP contribution in [0.25, 0.3) is 0 Å². The fraction of sp³-hybridized carbons (Fsp3) is 0. The molecule has 8 heavy (non-hydrogen) atoms. The first kappa shape index (κ1) is 6.98. The van der Waals surface area contributed by atoms with E-state index in [0.29, 0.717) is 5.75 Å². The van der Waals surface area contributed by atoms with Gasteiger partial charge in [0, 0.05) is 5.48 Å². The Morgan fingerprint density at radius 2 is 1.50 bits per heavy atom. The van der Waals surface area contributed by atoms with Crippen molar-refractivity contribution in [2.45, 2.75) is 0 Å². The van der Waals surface area contributed by atoms with Gasteiger partial charge >= 0.3 is 0 Å². The maximum Gasteiger partial charge on any atom is 0.115 e. The van der Waals surface area contributed by atoms with E-state index in [-0.39, 0.29) is 5.48 Å². The Hall–Kier alpha value is -1.02. The molecule has 0 heterocycles. The molecule has 2 radical (unpaired) electrons. The van der Waals surface area contributed by atoms with Crippen LogP contribution < -0.4 is 0 Å². The molecule has 0 saturated heterocycles. The van der Waals surface area contributed by atoms with Gasteiger partial charge in [-0.3, -0.25) is 0 Å². The Morgan fingerprint density at radius 3 is 1.75 bits per heavy atom. The Bertz CT molecular complexity index is 136. The zero-order chi connectivity index (χ0) is 5.11. The molecular formula is C6H6O2. The first-order valence-electron chi connectivity index (χ1n) is 2.13. The van der Waals surface area contributed by atoms with Crippen LogP contribution in [0.5, 0.6) is 5.75 Å². The summed E-state index contributed by atoms with van der Waals surface area (Å²) >= 11 is 0. The van der Waals surface area contributed by atoms with E-state index < -0.39 is 0 Å². The Balaban J connectivity index is 0.000000490. The van der Waals surface area contributed by atoms with Crippen LogP contribution >= 0.6 is 0 Å². The number of hydrogen-bond acceptors (Lipinski definition) is 1. The second-order valence-corrected chi connectivity index (χ2v) is 1.34. The first-order chi connectivity index (χ1) is 3.39. The van der Waals surface area contributed by atoms with Crippen molar-refractivity contribution in [2.24, 2.45) is 0 Å². The predicted octanol–water partition coefficient (Wildman–Crippen LogP) is 1.27. The smallest absolute Gasteiger partial charge is 0.115 e. The van der Waals surface area contributed by atoms with E-state index in [1.54, 1.807) is 24.3 Å². The molecular weight excluding hydrogens is 104 g/mol. The van der Waals surface area contributed by atoms with Gasteiger partial charge in [-0.2, -0.15) is 0 Å². The summed E-state index contributed by atoms with van der Waals surface area (Å²) < 4.78 is 0. The average molecular weight is 110 g/mol. The summed E-state index contributed by atoms with van der Waals surface area (Å²) in [6.45, 7) is 0. The van der Waals surface area contributed by atoms with Crippen LogP contribution in [0, 0.1) is 0 Å². The third-order valence-electron chi connectivity index (χ3n) is 0.756. The molecule has 42 valence electrons. The third kappa shape index (κ3) is 1.62. The van der Waals surface area contributed by atoms with Crippen molar-refractivity contribution in [3.63, 3.8) is 0 Å². The Kier molecular flexibility index (Phi) is 2.66. The van der Waals surface area contributed by atoms with Crippen molar-refractivity contribution < 1.29 is 10.6 Å². The fourth-order valence-corrected chi connectivity index (χ4v) is 0.428. The number of phenols is 1. The van der Waals surface area contributed by atoms with Crippen molar-refractivity contribution in [2.75, 3.05) is 0 Å². The van der Waals surface area contributed by atoms with Crippen LogP contribution in [-0.2, 0) is 5.48 Å². The van der Waals surface area contributed by atoms with E-state index in [1.165, 1.54) is 0 Å². The number of para-hydroxylation sites is 1. The SMILES string of the molecule is Oc1ccccc1.[O]. The van der Waals surface area contributed by atoms with E-state index >= 15 is 0 Å². The molecule has 0 aliphatic rings. The van der Waals surface area contributed by atoms with Gasteiger partial charge in [0.1, 0.15) is 5.75 Å². The molecule has 0 bridgehead atoms. The minimum atomic E-state index is 0. The molecule has 0 aliphatic carbocycles. The molecule has 1 aromatic rings. The topological polar surface area (TPSA) is 48.7 Å². The average Bonchev–Trinajstić information content (AvgIpc) is 1.69. The molecule has 0 saturated carbocycles. The molecule has 0 fully saturated rings. The van der Waals surface area contributed by atoms with Crippen molar-refractivity contribution in [1.29, 1.82) is 0 Å². The van der Waals surface area contributed by atoms with Crippen molar-refractivity contribution >= 4 is 0 Å². The maximum absolute atomic E-state index is 8.63. The van der Waals surface area contributed by atoms with Gasteiger partial charge in [-0.15, -0.1) is 0 Å². The molecule has 0 aromatic heterocycles. The zero-order valence-electron chi connectivity index (χ0n) is 4.24. The van der Waals surface area contributed by atoms with Gasteiger partial charge in [-0.05, 0) is 12.1 Å². The maximum atomic E-state index is 8.63. The summed E-state index contributed by atoms with van der Waals surface area (Å²) in [5.74, 6) is 0.322. The minimum absolute atomic E-state index is 0. The van der Waals surface area contributed by atoms with Crippen molar-refractivity contribution in [3.05, 3.63) is 30.3 Å². The summed E-state index contributed by atoms with van der Waals surface area (Å²) in [4.78, 5) is 0. The van der Waals surface area contributed by atoms with Crippen LogP contribution in [0.1, 0.15) is 0 Å². The summed E-state index contributed by atoms with van der Waals surface area (Å²) in [5, 5.41) is 8.63. The van der Waals surface area contributed by atoms with Gasteiger partial charge in [0.2, 0.25) is 0 Å². The van der Waals surface area contributed by atoms with Crippen LogP contribution in [0.4, 0.5) is 0 Å². The highest BCUT2D eigenvalue weighted by Gasteiger charge is 1.74. The van der Waals surface area contributed by atoms with Gasteiger partial charge in [0.15, 0.2) is 0 Å². The number of phenolic OH excluding ortho intramolecular Hbond substituents is 1. The van der Waals surface area contributed by atoms with E-state index in [0.717, 1.165) is 0 Å². The molecule has 2 nitrogen and oxygen atoms in total. The normalized spacial score (nSPS) is 7.50. The van der Waals surface area contributed by atoms with Crippen LogP contribution in [0.2, 0.25) is 0 Å². The molecule has 1 rings (SSSR count). The number of hydrogen-bond donors (Lipinski definition) is 1. The molecule has 0 amide bonds. The lowest BCUT2D eigenvalue weighted by Gasteiger charge is -1.82. The first-order valence-corrected chi connectivity index (χ1v) is 2.13. The Morgan fingerprint density at radius 1 is 1.00 bits per heavy atom. The number of rotatable bonds is 0. The molecule has 0 spiro atoms. The van der Waals surface area contributed by atoms with Gasteiger partial charge in [-0.25, -0.2) is 0 Å². The van der Waals surface area contributed by atoms with Gasteiger partial charge in [0.05, 0.1) is 0 Å². The molecule has 1 aromatic carbocycles. The highest BCUT2D eigenvalue weighted by Crippen LogP contribution is 2.02. The van der Waals surface area contributed by atoms with E-state index in [1.807, 2.05) is 6.07 Å². The lowest BCUT2D eigenvalue weighted by Crippen LogP contribution is -1.56. The highest BCUT2D eigenvalue weighted by atomic mass is 16.3. The summed E-state index contributed by atoms with van der Waals surface area (Å²) in [7, 11) is 0. The van der Waals surface area contributed by atoms with Crippen molar-refractivity contribution in [1.82, 2.24) is 0 Å². The fourth-order valence-electron chi connectivity index (χ4n) is 0.428. The van der Waals surface area contributed by atoms with Gasteiger partial charge in [0.25, 0.3) is 0 Å². The van der Waals surface area contributed by atoms with Crippen molar-refractivity contribution in [3.8, 4) is 5.75 Å².